The van der Waals surface area contributed by atoms with Crippen LogP contribution in [0.25, 0.3) is 22.8 Å². The van der Waals surface area contributed by atoms with E-state index in [1.165, 1.54) is 0 Å². The summed E-state index contributed by atoms with van der Waals surface area (Å²) in [6.45, 7) is 1.16. The van der Waals surface area contributed by atoms with Gasteiger partial charge in [-0.15, -0.1) is 0 Å². The monoisotopic (exact) mass is 670 g/mol. The number of nitrogens with zero attached hydrogens (tertiary/aromatic N) is 9. The van der Waals surface area contributed by atoms with E-state index in [0.29, 0.717) is 42.4 Å². The van der Waals surface area contributed by atoms with Crippen molar-refractivity contribution in [2.75, 3.05) is 10.2 Å². The van der Waals surface area contributed by atoms with Gasteiger partial charge in [-0.3, -0.25) is 19.7 Å². The number of carbonyl (C=O) groups is 1. The molecule has 0 aliphatic heterocycles. The number of benzene rings is 2. The Morgan fingerprint density at radius 3 is 1.76 bits per heavy atom. The number of aromatic nitrogens is 8. The molecule has 0 bridgehead atoms. The van der Waals surface area contributed by atoms with Crippen molar-refractivity contribution in [2.45, 2.75) is 70.9 Å². The Morgan fingerprint density at radius 1 is 0.700 bits per heavy atom. The van der Waals surface area contributed by atoms with Crippen molar-refractivity contribution in [1.29, 1.82) is 0 Å². The van der Waals surface area contributed by atoms with Gasteiger partial charge in [-0.1, -0.05) is 66.3 Å². The lowest BCUT2D eigenvalue weighted by molar-refractivity contribution is -0.119. The minimum Gasteiger partial charge on any atom is -0.365 e. The average molecular weight is 671 g/mol. The fourth-order valence-electron chi connectivity index (χ4n) is 5.25. The van der Waals surface area contributed by atoms with Crippen LogP contribution in [-0.4, -0.2) is 46.1 Å². The summed E-state index contributed by atoms with van der Waals surface area (Å²) in [6, 6.07) is 16.0. The van der Waals surface area contributed by atoms with E-state index in [1.807, 2.05) is 48.5 Å². The molecule has 2 aromatic carbocycles. The number of carbonyl (C=O) groups excluding carboxylic acids is 1. The minimum absolute atomic E-state index is 0. The van der Waals surface area contributed by atoms with Crippen LogP contribution in [0.2, 0.25) is 0 Å². The van der Waals surface area contributed by atoms with Gasteiger partial charge in [0.05, 0.1) is 18.9 Å². The highest BCUT2D eigenvalue weighted by atomic mass is 16.5. The molecule has 9 rings (SSSR count). The van der Waals surface area contributed by atoms with Gasteiger partial charge in [-0.25, -0.2) is 9.97 Å². The van der Waals surface area contributed by atoms with Crippen LogP contribution in [0.15, 0.2) is 94.8 Å². The molecule has 50 heavy (non-hydrogen) atoms. The molecular formula is C37H38N10O3. The number of nitrogens with one attached hydrogen (secondary N) is 1. The smallest absolute Gasteiger partial charge is 0.231 e. The second kappa shape index (κ2) is 14.7. The Morgan fingerprint density at radius 2 is 1.26 bits per heavy atom. The molecule has 4 heterocycles. The van der Waals surface area contributed by atoms with Crippen molar-refractivity contribution in [3.8, 4) is 22.8 Å². The van der Waals surface area contributed by atoms with Gasteiger partial charge >= 0.3 is 0 Å². The molecule has 13 nitrogen and oxygen atoms in total. The summed E-state index contributed by atoms with van der Waals surface area (Å²) in [5, 5.41) is 11.4. The maximum atomic E-state index is 12.7. The lowest BCUT2D eigenvalue weighted by Crippen LogP contribution is -2.32. The largest absolute Gasteiger partial charge is 0.365 e. The fraction of sp³-hybridized carbons (Fsp3) is 0.324. The van der Waals surface area contributed by atoms with Crippen molar-refractivity contribution in [2.24, 2.45) is 5.92 Å². The van der Waals surface area contributed by atoms with Gasteiger partial charge in [0.15, 0.2) is 5.82 Å². The van der Waals surface area contributed by atoms with Gasteiger partial charge in [0.2, 0.25) is 29.3 Å². The molecule has 254 valence electrons. The summed E-state index contributed by atoms with van der Waals surface area (Å²) in [7, 11) is 0. The summed E-state index contributed by atoms with van der Waals surface area (Å²) < 4.78 is 10.6. The molecule has 6 aromatic rings. The zero-order chi connectivity index (χ0) is 33.0. The van der Waals surface area contributed by atoms with Crippen LogP contribution in [0.3, 0.4) is 0 Å². The molecule has 3 aliphatic rings. The molecule has 1 amide bonds. The molecule has 3 fully saturated rings. The Balaban J connectivity index is 0.000000157. The van der Waals surface area contributed by atoms with Crippen LogP contribution in [-0.2, 0) is 17.9 Å². The lowest BCUT2D eigenvalue weighted by atomic mass is 10.1. The quantitative estimate of drug-likeness (QED) is 0.150. The summed E-state index contributed by atoms with van der Waals surface area (Å²) in [5.41, 5.74) is 4.05. The van der Waals surface area contributed by atoms with Crippen molar-refractivity contribution in [1.82, 2.24) is 40.2 Å². The molecule has 0 spiro atoms. The zero-order valence-corrected chi connectivity index (χ0v) is 26.7. The molecule has 0 atom stereocenters. The Labute approximate surface area is 289 Å². The van der Waals surface area contributed by atoms with Gasteiger partial charge in [-0.2, -0.15) is 9.97 Å². The minimum atomic E-state index is 0. The lowest BCUT2D eigenvalue weighted by Gasteiger charge is -2.21. The molecule has 4 aromatic heterocycles. The highest BCUT2D eigenvalue weighted by Gasteiger charge is 2.35. The third-order valence-corrected chi connectivity index (χ3v) is 8.56. The summed E-state index contributed by atoms with van der Waals surface area (Å²) >= 11 is 0. The predicted octanol–water partition coefficient (Wildman–Crippen LogP) is 7.00. The topological polar surface area (TPSA) is 162 Å². The van der Waals surface area contributed by atoms with E-state index < -0.39 is 0 Å². The van der Waals surface area contributed by atoms with Gasteiger partial charge in [0.25, 0.3) is 0 Å². The van der Waals surface area contributed by atoms with Gasteiger partial charge in [0, 0.05) is 60.2 Å². The van der Waals surface area contributed by atoms with Crippen molar-refractivity contribution >= 4 is 17.5 Å². The first-order chi connectivity index (χ1) is 24.2. The molecule has 3 saturated carbocycles. The molecule has 1 N–H and O–H groups in total. The first-order valence-electron chi connectivity index (χ1n) is 16.6. The molecule has 0 radical (unpaired) electrons. The molecule has 3 aliphatic carbocycles. The zero-order valence-electron chi connectivity index (χ0n) is 26.7. The van der Waals surface area contributed by atoms with Crippen LogP contribution in [0.4, 0.5) is 11.6 Å². The number of amides is 1. The van der Waals surface area contributed by atoms with E-state index in [9.17, 15) is 4.79 Å². The summed E-state index contributed by atoms with van der Waals surface area (Å²) in [4.78, 5) is 40.0. The van der Waals surface area contributed by atoms with E-state index in [1.54, 1.807) is 42.1 Å². The van der Waals surface area contributed by atoms with E-state index in [4.69, 9.17) is 9.05 Å². The van der Waals surface area contributed by atoms with Crippen LogP contribution in [0.5, 0.6) is 0 Å². The average Bonchev–Trinajstić information content (AvgIpc) is 4.09. The standard InChI is InChI=1S/C20H19N5O2.C16H15N5O.CH4/c26-20(16-7-8-16)25(17-11-21-9-10-22-17)12-13-1-3-14(4-2-13)18-23-19(27-24-18)15-5-6-15;1-3-12(15-20-16(22-21-15)13-5-6-13)4-2-11(1)9-19-14-10-17-7-8-18-14;/h1-4,9-11,15-16H,5-8,12H2;1-4,7-8,10,13H,5-6,9H2,(H,18,19);1H4. The predicted molar refractivity (Wildman–Crippen MR) is 185 cm³/mol. The first-order valence-corrected chi connectivity index (χ1v) is 16.6. The van der Waals surface area contributed by atoms with E-state index in [-0.39, 0.29) is 19.3 Å². The maximum Gasteiger partial charge on any atom is 0.231 e. The van der Waals surface area contributed by atoms with Crippen LogP contribution >= 0.6 is 0 Å². The SMILES string of the molecule is C.O=C(C1CC1)N(Cc1ccc(-c2noc(C3CC3)n2)cc1)c1cnccn1.c1cnc(NCc2ccc(-c3noc(C4CC4)n3)cc2)cn1. The third-order valence-electron chi connectivity index (χ3n) is 8.56. The number of anilines is 2. The van der Waals surface area contributed by atoms with Gasteiger partial charge < -0.3 is 14.4 Å². The second-order valence-corrected chi connectivity index (χ2v) is 12.6. The van der Waals surface area contributed by atoms with Crippen LogP contribution in [0, 0.1) is 5.92 Å². The molecule has 0 unspecified atom stereocenters. The Bertz CT molecular complexity index is 1990. The van der Waals surface area contributed by atoms with Crippen LogP contribution in [0.1, 0.15) is 80.7 Å². The van der Waals surface area contributed by atoms with Crippen molar-refractivity contribution in [3.63, 3.8) is 0 Å². The highest BCUT2D eigenvalue weighted by Crippen LogP contribution is 2.40. The van der Waals surface area contributed by atoms with E-state index in [2.05, 4.69) is 45.5 Å². The molecular weight excluding hydrogens is 632 g/mol. The van der Waals surface area contributed by atoms with Crippen LogP contribution < -0.4 is 10.2 Å². The van der Waals surface area contributed by atoms with Crippen molar-refractivity contribution in [3.05, 3.63) is 109 Å². The molecule has 13 heteroatoms. The third kappa shape index (κ3) is 8.05. The van der Waals surface area contributed by atoms with Crippen molar-refractivity contribution < 1.29 is 13.8 Å². The van der Waals surface area contributed by atoms with Gasteiger partial charge in [0.1, 0.15) is 5.82 Å². The summed E-state index contributed by atoms with van der Waals surface area (Å²) in [6.07, 6.45) is 16.4. The number of rotatable bonds is 11. The normalized spacial score (nSPS) is 15.0. The Kier molecular flexibility index (Phi) is 9.63. The Hall–Kier alpha value is -5.85. The first kappa shape index (κ1) is 32.7. The van der Waals surface area contributed by atoms with Gasteiger partial charge in [-0.05, 0) is 49.7 Å². The highest BCUT2D eigenvalue weighted by molar-refractivity contribution is 5.95. The fourth-order valence-corrected chi connectivity index (χ4v) is 5.25. The number of hydrogen-bond acceptors (Lipinski definition) is 12. The number of hydrogen-bond donors (Lipinski definition) is 1. The summed E-state index contributed by atoms with van der Waals surface area (Å²) in [5.74, 6) is 5.29. The maximum absolute atomic E-state index is 12.7. The van der Waals surface area contributed by atoms with E-state index in [0.717, 1.165) is 78.4 Å². The molecule has 0 saturated heterocycles. The van der Waals surface area contributed by atoms with E-state index >= 15 is 0 Å². The second-order valence-electron chi connectivity index (χ2n) is 12.6.